The van der Waals surface area contributed by atoms with E-state index in [0.29, 0.717) is 0 Å². The SMILES string of the molecule is CN(C)c1cccc(-c2ccc(C(C)(C)C)cc2)n1. The van der Waals surface area contributed by atoms with Gasteiger partial charge in [-0.1, -0.05) is 51.1 Å². The van der Waals surface area contributed by atoms with E-state index in [1.807, 2.05) is 25.1 Å². The van der Waals surface area contributed by atoms with Crippen molar-refractivity contribution in [2.24, 2.45) is 0 Å². The van der Waals surface area contributed by atoms with Gasteiger partial charge in [0.25, 0.3) is 0 Å². The molecule has 0 aliphatic heterocycles. The maximum Gasteiger partial charge on any atom is 0.128 e. The molecule has 1 aromatic carbocycles. The summed E-state index contributed by atoms with van der Waals surface area (Å²) in [7, 11) is 4.02. The molecular formula is C17H22N2. The van der Waals surface area contributed by atoms with Crippen LogP contribution in [0.1, 0.15) is 26.3 Å². The molecule has 0 saturated heterocycles. The molecule has 0 saturated carbocycles. The van der Waals surface area contributed by atoms with Crippen LogP contribution in [0.3, 0.4) is 0 Å². The topological polar surface area (TPSA) is 16.1 Å². The average molecular weight is 254 g/mol. The van der Waals surface area contributed by atoms with Crippen molar-refractivity contribution >= 4 is 5.82 Å². The lowest BCUT2D eigenvalue weighted by molar-refractivity contribution is 0.590. The Morgan fingerprint density at radius 3 is 2.05 bits per heavy atom. The fraction of sp³-hybridized carbons (Fsp3) is 0.353. The molecule has 0 spiro atoms. The summed E-state index contributed by atoms with van der Waals surface area (Å²) in [4.78, 5) is 6.68. The van der Waals surface area contributed by atoms with Crippen LogP contribution < -0.4 is 4.90 Å². The summed E-state index contributed by atoms with van der Waals surface area (Å²) >= 11 is 0. The smallest absolute Gasteiger partial charge is 0.128 e. The standard InChI is InChI=1S/C17H22N2/c1-17(2,3)14-11-9-13(10-12-14)15-7-6-8-16(18-15)19(4)5/h6-12H,1-5H3. The number of aromatic nitrogens is 1. The van der Waals surface area contributed by atoms with Crippen molar-refractivity contribution in [3.63, 3.8) is 0 Å². The van der Waals surface area contributed by atoms with Gasteiger partial charge in [0.1, 0.15) is 5.82 Å². The monoisotopic (exact) mass is 254 g/mol. The molecule has 0 radical (unpaired) electrons. The Morgan fingerprint density at radius 1 is 0.895 bits per heavy atom. The first-order valence-corrected chi connectivity index (χ1v) is 6.63. The van der Waals surface area contributed by atoms with E-state index in [1.165, 1.54) is 5.56 Å². The van der Waals surface area contributed by atoms with Crippen LogP contribution in [0.5, 0.6) is 0 Å². The number of benzene rings is 1. The van der Waals surface area contributed by atoms with E-state index >= 15 is 0 Å². The fourth-order valence-electron chi connectivity index (χ4n) is 1.97. The predicted molar refractivity (Wildman–Crippen MR) is 82.7 cm³/mol. The van der Waals surface area contributed by atoms with Gasteiger partial charge >= 0.3 is 0 Å². The summed E-state index contributed by atoms with van der Waals surface area (Å²) < 4.78 is 0. The first-order chi connectivity index (χ1) is 8.88. The van der Waals surface area contributed by atoms with Crippen molar-refractivity contribution in [3.05, 3.63) is 48.0 Å². The molecule has 0 atom stereocenters. The molecule has 100 valence electrons. The maximum atomic E-state index is 4.66. The molecule has 2 nitrogen and oxygen atoms in total. The number of nitrogens with zero attached hydrogens (tertiary/aromatic N) is 2. The van der Waals surface area contributed by atoms with Gasteiger partial charge in [0.2, 0.25) is 0 Å². The van der Waals surface area contributed by atoms with Gasteiger partial charge in [0.15, 0.2) is 0 Å². The number of rotatable bonds is 2. The summed E-state index contributed by atoms with van der Waals surface area (Å²) in [5.74, 6) is 0.984. The normalized spacial score (nSPS) is 11.4. The molecule has 0 aliphatic rings. The van der Waals surface area contributed by atoms with Gasteiger partial charge in [-0.25, -0.2) is 4.98 Å². The van der Waals surface area contributed by atoms with Crippen molar-refractivity contribution in [2.45, 2.75) is 26.2 Å². The van der Waals surface area contributed by atoms with Crippen molar-refractivity contribution in [3.8, 4) is 11.3 Å². The Bertz CT molecular complexity index is 548. The van der Waals surface area contributed by atoms with Crippen molar-refractivity contribution in [1.29, 1.82) is 0 Å². The highest BCUT2D eigenvalue weighted by atomic mass is 15.1. The Morgan fingerprint density at radius 2 is 1.53 bits per heavy atom. The van der Waals surface area contributed by atoms with Gasteiger partial charge in [0.05, 0.1) is 5.69 Å². The van der Waals surface area contributed by atoms with E-state index in [4.69, 9.17) is 0 Å². The van der Waals surface area contributed by atoms with Crippen LogP contribution in [-0.4, -0.2) is 19.1 Å². The predicted octanol–water partition coefficient (Wildman–Crippen LogP) is 4.11. The molecule has 2 aromatic rings. The second-order valence-electron chi connectivity index (χ2n) is 6.10. The van der Waals surface area contributed by atoms with Gasteiger partial charge in [-0.3, -0.25) is 0 Å². The number of hydrogen-bond acceptors (Lipinski definition) is 2. The average Bonchev–Trinajstić information content (AvgIpc) is 2.38. The molecule has 2 heteroatoms. The van der Waals surface area contributed by atoms with Crippen LogP contribution in [0.4, 0.5) is 5.82 Å². The molecule has 0 bridgehead atoms. The lowest BCUT2D eigenvalue weighted by atomic mass is 9.86. The third kappa shape index (κ3) is 3.14. The molecule has 0 unspecified atom stereocenters. The molecular weight excluding hydrogens is 232 g/mol. The van der Waals surface area contributed by atoms with E-state index in [-0.39, 0.29) is 5.41 Å². The van der Waals surface area contributed by atoms with E-state index in [0.717, 1.165) is 17.1 Å². The molecule has 0 aliphatic carbocycles. The van der Waals surface area contributed by atoms with Crippen LogP contribution in [0.25, 0.3) is 11.3 Å². The van der Waals surface area contributed by atoms with E-state index in [2.05, 4.69) is 62.2 Å². The first kappa shape index (κ1) is 13.6. The zero-order valence-corrected chi connectivity index (χ0v) is 12.4. The molecule has 0 N–H and O–H groups in total. The van der Waals surface area contributed by atoms with Crippen LogP contribution in [0.2, 0.25) is 0 Å². The molecule has 19 heavy (non-hydrogen) atoms. The minimum atomic E-state index is 0.192. The molecule has 0 fully saturated rings. The Labute approximate surface area is 116 Å². The first-order valence-electron chi connectivity index (χ1n) is 6.63. The fourth-order valence-corrected chi connectivity index (χ4v) is 1.97. The lowest BCUT2D eigenvalue weighted by Crippen LogP contribution is -2.11. The Kier molecular flexibility index (Phi) is 3.61. The number of pyridine rings is 1. The zero-order valence-electron chi connectivity index (χ0n) is 12.4. The highest BCUT2D eigenvalue weighted by molar-refractivity contribution is 5.62. The minimum Gasteiger partial charge on any atom is -0.363 e. The van der Waals surface area contributed by atoms with Gasteiger partial charge in [-0.15, -0.1) is 0 Å². The maximum absolute atomic E-state index is 4.66. The lowest BCUT2D eigenvalue weighted by Gasteiger charge is -2.19. The van der Waals surface area contributed by atoms with E-state index in [9.17, 15) is 0 Å². The molecule has 2 rings (SSSR count). The summed E-state index contributed by atoms with van der Waals surface area (Å²) in [5, 5.41) is 0. The van der Waals surface area contributed by atoms with E-state index < -0.39 is 0 Å². The summed E-state index contributed by atoms with van der Waals surface area (Å²) in [6, 6.07) is 14.8. The quantitative estimate of drug-likeness (QED) is 0.801. The minimum absolute atomic E-state index is 0.192. The van der Waals surface area contributed by atoms with Crippen molar-refractivity contribution < 1.29 is 0 Å². The van der Waals surface area contributed by atoms with E-state index in [1.54, 1.807) is 0 Å². The van der Waals surface area contributed by atoms with Gasteiger partial charge < -0.3 is 4.90 Å². The number of hydrogen-bond donors (Lipinski definition) is 0. The Hall–Kier alpha value is -1.83. The van der Waals surface area contributed by atoms with Crippen molar-refractivity contribution in [2.75, 3.05) is 19.0 Å². The zero-order chi connectivity index (χ0) is 14.0. The molecule has 1 heterocycles. The van der Waals surface area contributed by atoms with Crippen molar-refractivity contribution in [1.82, 2.24) is 4.98 Å². The molecule has 0 amide bonds. The van der Waals surface area contributed by atoms with Crippen LogP contribution in [0, 0.1) is 0 Å². The summed E-state index contributed by atoms with van der Waals surface area (Å²) in [5.41, 5.74) is 3.72. The van der Waals surface area contributed by atoms with Gasteiger partial charge in [-0.05, 0) is 23.1 Å². The summed E-state index contributed by atoms with van der Waals surface area (Å²) in [6.07, 6.45) is 0. The molecule has 1 aromatic heterocycles. The highest BCUT2D eigenvalue weighted by Crippen LogP contribution is 2.26. The third-order valence-electron chi connectivity index (χ3n) is 3.24. The Balaban J connectivity index is 2.35. The highest BCUT2D eigenvalue weighted by Gasteiger charge is 2.13. The number of anilines is 1. The van der Waals surface area contributed by atoms with Gasteiger partial charge in [-0.2, -0.15) is 0 Å². The third-order valence-corrected chi connectivity index (χ3v) is 3.24. The summed E-state index contributed by atoms with van der Waals surface area (Å²) in [6.45, 7) is 6.69. The second kappa shape index (κ2) is 5.04. The largest absolute Gasteiger partial charge is 0.363 e. The van der Waals surface area contributed by atoms with Gasteiger partial charge in [0, 0.05) is 19.7 Å². The van der Waals surface area contributed by atoms with Crippen LogP contribution in [-0.2, 0) is 5.41 Å². The second-order valence-corrected chi connectivity index (χ2v) is 6.10. The van der Waals surface area contributed by atoms with Crippen LogP contribution >= 0.6 is 0 Å². The van der Waals surface area contributed by atoms with Crippen LogP contribution in [0.15, 0.2) is 42.5 Å².